The lowest BCUT2D eigenvalue weighted by Gasteiger charge is -2.23. The van der Waals surface area contributed by atoms with Crippen LogP contribution in [0.25, 0.3) is 0 Å². The average Bonchev–Trinajstić information content (AvgIpc) is 2.60. The molecule has 0 aliphatic carbocycles. The number of hydrogen-bond donors (Lipinski definition) is 2. The van der Waals surface area contributed by atoms with Crippen molar-refractivity contribution >= 4 is 17.6 Å². The van der Waals surface area contributed by atoms with Crippen molar-refractivity contribution in [2.45, 2.75) is 19.8 Å². The third-order valence-corrected chi connectivity index (χ3v) is 3.47. The van der Waals surface area contributed by atoms with Gasteiger partial charge in [0.1, 0.15) is 0 Å². The van der Waals surface area contributed by atoms with Crippen molar-refractivity contribution in [2.24, 2.45) is 4.99 Å². The van der Waals surface area contributed by atoms with Crippen molar-refractivity contribution < 1.29 is 9.53 Å². The summed E-state index contributed by atoms with van der Waals surface area (Å²) in [5.74, 6) is 0.478. The summed E-state index contributed by atoms with van der Waals surface area (Å²) in [6.07, 6.45) is 1.33. The minimum atomic E-state index is -0.227. The summed E-state index contributed by atoms with van der Waals surface area (Å²) in [7, 11) is 3.11. The Hall–Kier alpha value is -2.24. The summed E-state index contributed by atoms with van der Waals surface area (Å²) in [6.45, 7) is 5.45. The van der Waals surface area contributed by atoms with Crippen LogP contribution < -0.4 is 15.5 Å². The number of carbonyl (C=O) groups excluding carboxylic acids is 1. The van der Waals surface area contributed by atoms with E-state index < -0.39 is 0 Å². The summed E-state index contributed by atoms with van der Waals surface area (Å²) < 4.78 is 4.60. The fraction of sp³-hybridized carbons (Fsp3) is 0.529. The van der Waals surface area contributed by atoms with Gasteiger partial charge in [-0.1, -0.05) is 18.2 Å². The van der Waals surface area contributed by atoms with Gasteiger partial charge < -0.3 is 20.3 Å². The van der Waals surface area contributed by atoms with E-state index in [1.54, 1.807) is 7.05 Å². The summed E-state index contributed by atoms with van der Waals surface area (Å²) in [6, 6.07) is 10.4. The number of para-hydroxylation sites is 1. The number of nitrogens with zero attached hydrogens (tertiary/aromatic N) is 2. The number of ether oxygens (including phenoxy) is 1. The Morgan fingerprint density at radius 2 is 1.91 bits per heavy atom. The summed E-state index contributed by atoms with van der Waals surface area (Å²) in [5.41, 5.74) is 1.25. The molecule has 6 heteroatoms. The molecule has 0 saturated heterocycles. The Morgan fingerprint density at radius 3 is 2.52 bits per heavy atom. The van der Waals surface area contributed by atoms with Gasteiger partial charge in [0.2, 0.25) is 0 Å². The maximum atomic E-state index is 11.1. The van der Waals surface area contributed by atoms with E-state index in [1.165, 1.54) is 12.8 Å². The lowest BCUT2D eigenvalue weighted by molar-refractivity contribution is -0.140. The van der Waals surface area contributed by atoms with Gasteiger partial charge in [-0.25, -0.2) is 0 Å². The van der Waals surface area contributed by atoms with Crippen LogP contribution >= 0.6 is 0 Å². The lowest BCUT2D eigenvalue weighted by atomic mass is 10.2. The molecule has 0 atom stereocenters. The van der Waals surface area contributed by atoms with Crippen LogP contribution in [0.4, 0.5) is 5.69 Å². The molecule has 0 aliphatic heterocycles. The fourth-order valence-electron chi connectivity index (χ4n) is 2.19. The van der Waals surface area contributed by atoms with Crippen LogP contribution in [0.15, 0.2) is 35.3 Å². The zero-order valence-electron chi connectivity index (χ0n) is 14.3. The second kappa shape index (κ2) is 11.3. The maximum Gasteiger partial charge on any atom is 0.307 e. The zero-order chi connectivity index (χ0) is 16.9. The van der Waals surface area contributed by atoms with Crippen molar-refractivity contribution in [1.82, 2.24) is 10.6 Å². The molecule has 1 aromatic rings. The van der Waals surface area contributed by atoms with E-state index >= 15 is 0 Å². The van der Waals surface area contributed by atoms with Gasteiger partial charge in [-0.3, -0.25) is 9.79 Å². The summed E-state index contributed by atoms with van der Waals surface area (Å²) in [4.78, 5) is 17.5. The van der Waals surface area contributed by atoms with E-state index in [1.807, 2.05) is 6.07 Å². The van der Waals surface area contributed by atoms with E-state index in [-0.39, 0.29) is 5.97 Å². The highest BCUT2D eigenvalue weighted by Crippen LogP contribution is 2.12. The average molecular weight is 320 g/mol. The largest absolute Gasteiger partial charge is 0.469 e. The topological polar surface area (TPSA) is 66.0 Å². The Bertz CT molecular complexity index is 477. The fourth-order valence-corrected chi connectivity index (χ4v) is 2.19. The summed E-state index contributed by atoms with van der Waals surface area (Å²) >= 11 is 0. The van der Waals surface area contributed by atoms with Gasteiger partial charge in [0, 0.05) is 38.9 Å². The van der Waals surface area contributed by atoms with Gasteiger partial charge in [0.05, 0.1) is 13.5 Å². The molecule has 6 nitrogen and oxygen atoms in total. The highest BCUT2D eigenvalue weighted by molar-refractivity contribution is 5.80. The first-order chi connectivity index (χ1) is 11.2. The Kier molecular flexibility index (Phi) is 9.28. The predicted molar refractivity (Wildman–Crippen MR) is 94.9 cm³/mol. The number of aliphatic imine (C=N–C) groups is 1. The molecule has 2 N–H and O–H groups in total. The van der Waals surface area contributed by atoms with Gasteiger partial charge in [0.15, 0.2) is 5.96 Å². The second-order valence-corrected chi connectivity index (χ2v) is 5.02. The number of carbonyl (C=O) groups is 1. The van der Waals surface area contributed by atoms with Crippen molar-refractivity contribution in [2.75, 3.05) is 45.2 Å². The van der Waals surface area contributed by atoms with E-state index in [2.05, 4.69) is 56.5 Å². The van der Waals surface area contributed by atoms with Gasteiger partial charge >= 0.3 is 5.97 Å². The van der Waals surface area contributed by atoms with Crippen molar-refractivity contribution in [3.63, 3.8) is 0 Å². The first-order valence-corrected chi connectivity index (χ1v) is 8.02. The number of guanidine groups is 1. The number of rotatable bonds is 9. The zero-order valence-corrected chi connectivity index (χ0v) is 14.3. The number of hydrogen-bond acceptors (Lipinski definition) is 4. The van der Waals surface area contributed by atoms with Crippen molar-refractivity contribution in [3.8, 4) is 0 Å². The van der Waals surface area contributed by atoms with Crippen LogP contribution in [0, 0.1) is 0 Å². The Balaban J connectivity index is 2.25. The highest BCUT2D eigenvalue weighted by atomic mass is 16.5. The van der Waals surface area contributed by atoms with Crippen LogP contribution in [0.5, 0.6) is 0 Å². The van der Waals surface area contributed by atoms with Crippen LogP contribution in [0.1, 0.15) is 19.8 Å². The number of methoxy groups -OCH3 is 1. The van der Waals surface area contributed by atoms with Gasteiger partial charge in [-0.05, 0) is 25.5 Å². The standard InChI is InChI=1S/C17H28N4O2/c1-4-21(15-9-6-5-7-10-15)14-8-12-19-17(18-2)20-13-11-16(22)23-3/h5-7,9-10H,4,8,11-14H2,1-3H3,(H2,18,19,20). The molecule has 0 heterocycles. The first-order valence-electron chi connectivity index (χ1n) is 8.02. The molecule has 0 unspecified atom stereocenters. The lowest BCUT2D eigenvalue weighted by Crippen LogP contribution is -2.39. The summed E-state index contributed by atoms with van der Waals surface area (Å²) in [5, 5.41) is 6.35. The third-order valence-electron chi connectivity index (χ3n) is 3.47. The van der Waals surface area contributed by atoms with Crippen LogP contribution in [0.3, 0.4) is 0 Å². The number of benzene rings is 1. The molecule has 1 aromatic carbocycles. The van der Waals surface area contributed by atoms with E-state index in [4.69, 9.17) is 0 Å². The van der Waals surface area contributed by atoms with E-state index in [0.717, 1.165) is 26.1 Å². The first kappa shape index (κ1) is 18.8. The Labute approximate surface area is 138 Å². The molecule has 128 valence electrons. The van der Waals surface area contributed by atoms with Crippen molar-refractivity contribution in [1.29, 1.82) is 0 Å². The molecular weight excluding hydrogens is 292 g/mol. The van der Waals surface area contributed by atoms with Crippen LogP contribution in [-0.2, 0) is 9.53 Å². The molecule has 0 spiro atoms. The molecular formula is C17H28N4O2. The minimum Gasteiger partial charge on any atom is -0.469 e. The quantitative estimate of drug-likeness (QED) is 0.313. The predicted octanol–water partition coefficient (Wildman–Crippen LogP) is 1.63. The molecule has 0 radical (unpaired) electrons. The highest BCUT2D eigenvalue weighted by Gasteiger charge is 2.04. The Morgan fingerprint density at radius 1 is 1.22 bits per heavy atom. The van der Waals surface area contributed by atoms with Gasteiger partial charge in [-0.2, -0.15) is 0 Å². The van der Waals surface area contributed by atoms with E-state index in [0.29, 0.717) is 18.9 Å². The normalized spacial score (nSPS) is 11.0. The molecule has 23 heavy (non-hydrogen) atoms. The van der Waals surface area contributed by atoms with Crippen LogP contribution in [0.2, 0.25) is 0 Å². The molecule has 0 saturated carbocycles. The molecule has 0 aromatic heterocycles. The molecule has 0 bridgehead atoms. The second-order valence-electron chi connectivity index (χ2n) is 5.02. The van der Waals surface area contributed by atoms with Gasteiger partial charge in [0.25, 0.3) is 0 Å². The van der Waals surface area contributed by atoms with Crippen molar-refractivity contribution in [3.05, 3.63) is 30.3 Å². The molecule has 0 fully saturated rings. The monoisotopic (exact) mass is 320 g/mol. The molecule has 0 amide bonds. The number of nitrogens with one attached hydrogen (secondary N) is 2. The third kappa shape index (κ3) is 7.54. The minimum absolute atomic E-state index is 0.227. The molecule has 0 aliphatic rings. The van der Waals surface area contributed by atoms with Crippen LogP contribution in [-0.4, -0.2) is 52.3 Å². The number of esters is 1. The SMILES string of the molecule is CCN(CCCNC(=NC)NCCC(=O)OC)c1ccccc1. The maximum absolute atomic E-state index is 11.1. The van der Waals surface area contributed by atoms with Gasteiger partial charge in [-0.15, -0.1) is 0 Å². The van der Waals surface area contributed by atoms with E-state index in [9.17, 15) is 4.79 Å². The number of anilines is 1. The smallest absolute Gasteiger partial charge is 0.307 e. The molecule has 1 rings (SSSR count).